The molecule has 1 aromatic heterocycles. The lowest BCUT2D eigenvalue weighted by molar-refractivity contribution is -0.132. The Balaban J connectivity index is 1.44. The van der Waals surface area contributed by atoms with Gasteiger partial charge in [0.1, 0.15) is 6.29 Å². The van der Waals surface area contributed by atoms with Gasteiger partial charge in [-0.3, -0.25) is 24.9 Å². The van der Waals surface area contributed by atoms with Crippen molar-refractivity contribution in [2.75, 3.05) is 26.2 Å². The van der Waals surface area contributed by atoms with Crippen molar-refractivity contribution in [3.63, 3.8) is 0 Å². The van der Waals surface area contributed by atoms with E-state index in [1.165, 1.54) is 12.0 Å². The van der Waals surface area contributed by atoms with Crippen LogP contribution in [0.4, 0.5) is 0 Å². The highest BCUT2D eigenvalue weighted by Crippen LogP contribution is 2.24. The Bertz CT molecular complexity index is 692. The molecular weight excluding hydrogens is 354 g/mol. The van der Waals surface area contributed by atoms with Crippen LogP contribution < -0.4 is 10.6 Å². The standard InChI is InChI=1S/C21H33N5O2/c1-14-9-17(10-15(2)22-14)11-18-5-4-6-26(18)21-23-19(12-20(27)24-21)25-7-8-28-16(3)13-25/h9-10,16,18-19,21,23H,4-8,11-13H2,1-3H3,(H,24,27)/t16-,18-,19?,21?/m1/s1. The Labute approximate surface area is 167 Å². The predicted molar refractivity (Wildman–Crippen MR) is 108 cm³/mol. The van der Waals surface area contributed by atoms with Crippen molar-refractivity contribution >= 4 is 5.91 Å². The molecule has 0 aromatic carbocycles. The van der Waals surface area contributed by atoms with Crippen LogP contribution in [-0.4, -0.2) is 71.5 Å². The van der Waals surface area contributed by atoms with Crippen molar-refractivity contribution in [1.82, 2.24) is 25.4 Å². The van der Waals surface area contributed by atoms with Gasteiger partial charge in [0.15, 0.2) is 0 Å². The number of aromatic nitrogens is 1. The number of nitrogens with zero attached hydrogens (tertiary/aromatic N) is 3. The van der Waals surface area contributed by atoms with E-state index in [4.69, 9.17) is 4.74 Å². The number of carbonyl (C=O) groups is 1. The molecule has 4 heterocycles. The average molecular weight is 388 g/mol. The van der Waals surface area contributed by atoms with Crippen LogP contribution in [-0.2, 0) is 16.0 Å². The molecule has 4 rings (SSSR count). The first-order chi connectivity index (χ1) is 13.5. The van der Waals surface area contributed by atoms with Crippen LogP contribution >= 0.6 is 0 Å². The third-order valence-electron chi connectivity index (χ3n) is 6.11. The smallest absolute Gasteiger partial charge is 0.225 e. The topological polar surface area (TPSA) is 69.7 Å². The number of pyridine rings is 1. The van der Waals surface area contributed by atoms with E-state index in [1.807, 2.05) is 0 Å². The number of aryl methyl sites for hydroxylation is 2. The zero-order valence-corrected chi connectivity index (χ0v) is 17.3. The number of carbonyl (C=O) groups excluding carboxylic acids is 1. The zero-order chi connectivity index (χ0) is 19.7. The lowest BCUT2D eigenvalue weighted by atomic mass is 10.0. The number of likely N-dealkylation sites (tertiary alicyclic amines) is 1. The number of amides is 1. The van der Waals surface area contributed by atoms with E-state index >= 15 is 0 Å². The fraction of sp³-hybridized carbons (Fsp3) is 0.714. The van der Waals surface area contributed by atoms with E-state index < -0.39 is 0 Å². The maximum absolute atomic E-state index is 12.5. The van der Waals surface area contributed by atoms with Gasteiger partial charge in [-0.2, -0.15) is 0 Å². The van der Waals surface area contributed by atoms with E-state index in [0.29, 0.717) is 12.5 Å². The van der Waals surface area contributed by atoms with Gasteiger partial charge >= 0.3 is 0 Å². The van der Waals surface area contributed by atoms with Gasteiger partial charge in [-0.25, -0.2) is 0 Å². The first-order valence-corrected chi connectivity index (χ1v) is 10.6. The minimum absolute atomic E-state index is 0.0803. The highest BCUT2D eigenvalue weighted by Gasteiger charge is 2.38. The number of ether oxygens (including phenoxy) is 1. The van der Waals surface area contributed by atoms with Crippen molar-refractivity contribution in [1.29, 1.82) is 0 Å². The Kier molecular flexibility index (Phi) is 5.96. The Morgan fingerprint density at radius 1 is 1.25 bits per heavy atom. The summed E-state index contributed by atoms with van der Waals surface area (Å²) in [4.78, 5) is 21.8. The average Bonchev–Trinajstić information content (AvgIpc) is 3.08. The van der Waals surface area contributed by atoms with Gasteiger partial charge in [0.05, 0.1) is 25.3 Å². The normalized spacial score (nSPS) is 32.5. The van der Waals surface area contributed by atoms with Gasteiger partial charge in [0.2, 0.25) is 5.91 Å². The first kappa shape index (κ1) is 19.8. The van der Waals surface area contributed by atoms with Crippen LogP contribution in [0.25, 0.3) is 0 Å². The molecule has 0 radical (unpaired) electrons. The summed E-state index contributed by atoms with van der Waals surface area (Å²) >= 11 is 0. The summed E-state index contributed by atoms with van der Waals surface area (Å²) in [5.74, 6) is 0.133. The van der Waals surface area contributed by atoms with Crippen molar-refractivity contribution in [2.24, 2.45) is 0 Å². The third kappa shape index (κ3) is 4.54. The largest absolute Gasteiger partial charge is 0.376 e. The Morgan fingerprint density at radius 3 is 2.79 bits per heavy atom. The molecule has 3 saturated heterocycles. The molecule has 1 aromatic rings. The van der Waals surface area contributed by atoms with Crippen LogP contribution in [0.1, 0.15) is 43.1 Å². The highest BCUT2D eigenvalue weighted by atomic mass is 16.5. The fourth-order valence-corrected chi connectivity index (χ4v) is 4.94. The lowest BCUT2D eigenvalue weighted by Crippen LogP contribution is -2.69. The summed E-state index contributed by atoms with van der Waals surface area (Å²) in [5.41, 5.74) is 3.48. The fourth-order valence-electron chi connectivity index (χ4n) is 4.94. The molecule has 0 bridgehead atoms. The molecule has 2 unspecified atom stereocenters. The van der Waals surface area contributed by atoms with E-state index in [2.05, 4.69) is 58.3 Å². The number of hydrogen-bond acceptors (Lipinski definition) is 6. The van der Waals surface area contributed by atoms with E-state index in [0.717, 1.165) is 50.5 Å². The van der Waals surface area contributed by atoms with Gasteiger partial charge in [-0.15, -0.1) is 0 Å². The molecule has 1 amide bonds. The van der Waals surface area contributed by atoms with E-state index in [-0.39, 0.29) is 24.5 Å². The minimum atomic E-state index is -0.0964. The molecule has 7 heteroatoms. The maximum Gasteiger partial charge on any atom is 0.225 e. The Hall–Kier alpha value is -1.54. The molecule has 0 aliphatic carbocycles. The molecule has 154 valence electrons. The van der Waals surface area contributed by atoms with Gasteiger partial charge in [0, 0.05) is 37.1 Å². The number of hydrogen-bond donors (Lipinski definition) is 2. The van der Waals surface area contributed by atoms with Gasteiger partial charge in [0.25, 0.3) is 0 Å². The predicted octanol–water partition coefficient (Wildman–Crippen LogP) is 1.15. The van der Waals surface area contributed by atoms with Gasteiger partial charge < -0.3 is 10.1 Å². The van der Waals surface area contributed by atoms with Crippen molar-refractivity contribution in [2.45, 2.75) is 71.1 Å². The maximum atomic E-state index is 12.5. The number of nitrogens with one attached hydrogen (secondary N) is 2. The summed E-state index contributed by atoms with van der Waals surface area (Å²) < 4.78 is 5.67. The second kappa shape index (κ2) is 8.45. The van der Waals surface area contributed by atoms with Crippen molar-refractivity contribution in [3.8, 4) is 0 Å². The molecule has 3 aliphatic heterocycles. The molecule has 3 aliphatic rings. The second-order valence-corrected chi connectivity index (χ2v) is 8.53. The van der Waals surface area contributed by atoms with E-state index in [1.54, 1.807) is 0 Å². The molecule has 4 atom stereocenters. The number of morpholine rings is 1. The molecule has 28 heavy (non-hydrogen) atoms. The molecule has 7 nitrogen and oxygen atoms in total. The molecular formula is C21H33N5O2. The van der Waals surface area contributed by atoms with Crippen molar-refractivity contribution < 1.29 is 9.53 Å². The monoisotopic (exact) mass is 387 g/mol. The minimum Gasteiger partial charge on any atom is -0.376 e. The summed E-state index contributed by atoms with van der Waals surface area (Å²) in [7, 11) is 0. The second-order valence-electron chi connectivity index (χ2n) is 8.53. The third-order valence-corrected chi connectivity index (χ3v) is 6.11. The molecule has 0 spiro atoms. The van der Waals surface area contributed by atoms with Gasteiger partial charge in [-0.05, 0) is 57.7 Å². The lowest BCUT2D eigenvalue weighted by Gasteiger charge is -2.45. The van der Waals surface area contributed by atoms with Crippen LogP contribution in [0, 0.1) is 13.8 Å². The highest BCUT2D eigenvalue weighted by molar-refractivity contribution is 5.77. The van der Waals surface area contributed by atoms with Crippen molar-refractivity contribution in [3.05, 3.63) is 29.1 Å². The van der Waals surface area contributed by atoms with E-state index in [9.17, 15) is 4.79 Å². The summed E-state index contributed by atoms with van der Waals surface area (Å²) in [6.45, 7) is 9.70. The van der Waals surface area contributed by atoms with Gasteiger partial charge in [-0.1, -0.05) is 0 Å². The summed E-state index contributed by atoms with van der Waals surface area (Å²) in [6.07, 6.45) is 4.03. The van der Waals surface area contributed by atoms with Crippen LogP contribution in [0.15, 0.2) is 12.1 Å². The quantitative estimate of drug-likeness (QED) is 0.808. The zero-order valence-electron chi connectivity index (χ0n) is 17.3. The van der Waals surface area contributed by atoms with Crippen LogP contribution in [0.2, 0.25) is 0 Å². The summed E-state index contributed by atoms with van der Waals surface area (Å²) in [5, 5.41) is 6.89. The van der Waals surface area contributed by atoms with Crippen LogP contribution in [0.3, 0.4) is 0 Å². The number of rotatable bonds is 4. The SMILES string of the molecule is Cc1cc(C[C@H]2CCCN2C2NC(=O)CC(N3CCO[C@H](C)C3)N2)cc(C)n1. The molecule has 3 fully saturated rings. The summed E-state index contributed by atoms with van der Waals surface area (Å²) in [6, 6.07) is 4.81. The molecule has 0 saturated carbocycles. The molecule has 2 N–H and O–H groups in total. The first-order valence-electron chi connectivity index (χ1n) is 10.6. The van der Waals surface area contributed by atoms with Crippen LogP contribution in [0.5, 0.6) is 0 Å². The Morgan fingerprint density at radius 2 is 2.04 bits per heavy atom.